The van der Waals surface area contributed by atoms with Crippen LogP contribution in [-0.2, 0) is 10.8 Å². The largest absolute Gasteiger partial charge is 0.312 e. The second kappa shape index (κ2) is 6.64. The quantitative estimate of drug-likeness (QED) is 0.728. The minimum atomic E-state index is -0.642. The summed E-state index contributed by atoms with van der Waals surface area (Å²) in [5, 5.41) is 3.60. The number of nitrogens with one attached hydrogen (secondary N) is 1. The summed E-state index contributed by atoms with van der Waals surface area (Å²) in [6.45, 7) is 4.47. The summed E-state index contributed by atoms with van der Waals surface area (Å²) in [5.41, 5.74) is 0. The van der Waals surface area contributed by atoms with Crippen LogP contribution in [0.25, 0.3) is 0 Å². The molecule has 0 aromatic carbocycles. The van der Waals surface area contributed by atoms with Gasteiger partial charge in [-0.2, -0.15) is 0 Å². The van der Waals surface area contributed by atoms with Crippen LogP contribution in [0.2, 0.25) is 0 Å². The highest BCUT2D eigenvalue weighted by atomic mass is 32.2. The molecule has 0 bridgehead atoms. The molecule has 1 N–H and O–H groups in total. The maximum Gasteiger partial charge on any atom is 0.0246 e. The van der Waals surface area contributed by atoms with Crippen LogP contribution in [0.3, 0.4) is 0 Å². The van der Waals surface area contributed by atoms with Gasteiger partial charge in [-0.15, -0.1) is 0 Å². The van der Waals surface area contributed by atoms with Gasteiger partial charge in [-0.3, -0.25) is 4.21 Å². The number of hydrogen-bond acceptors (Lipinski definition) is 2. The van der Waals surface area contributed by atoms with E-state index in [1.165, 1.54) is 25.7 Å². The molecule has 0 spiro atoms. The van der Waals surface area contributed by atoms with E-state index in [0.717, 1.165) is 18.1 Å². The Balaban J connectivity index is 2.07. The van der Waals surface area contributed by atoms with Crippen molar-refractivity contribution in [2.45, 2.75) is 58.0 Å². The van der Waals surface area contributed by atoms with Gasteiger partial charge in [-0.05, 0) is 32.6 Å². The third kappa shape index (κ3) is 5.67. The molecule has 1 fully saturated rings. The first-order valence-corrected chi connectivity index (χ1v) is 7.86. The second-order valence-corrected chi connectivity index (χ2v) is 6.62. The molecule has 3 unspecified atom stereocenters. The van der Waals surface area contributed by atoms with Crippen LogP contribution in [0.5, 0.6) is 0 Å². The van der Waals surface area contributed by atoms with Gasteiger partial charge in [0.25, 0.3) is 0 Å². The van der Waals surface area contributed by atoms with E-state index in [1.54, 1.807) is 6.26 Å². The summed E-state index contributed by atoms with van der Waals surface area (Å²) in [5.74, 6) is 1.80. The predicted molar refractivity (Wildman–Crippen MR) is 67.6 cm³/mol. The Kier molecular flexibility index (Phi) is 5.83. The van der Waals surface area contributed by atoms with Gasteiger partial charge in [-0.1, -0.05) is 19.3 Å². The average molecular weight is 231 g/mol. The molecule has 0 aliphatic heterocycles. The van der Waals surface area contributed by atoms with Crippen LogP contribution in [0.15, 0.2) is 0 Å². The highest BCUT2D eigenvalue weighted by Gasteiger charge is 2.20. The van der Waals surface area contributed by atoms with Gasteiger partial charge in [0.2, 0.25) is 0 Å². The Labute approximate surface area is 96.7 Å². The molecular formula is C12H25NOS. The molecular weight excluding hydrogens is 206 g/mol. The summed E-state index contributed by atoms with van der Waals surface area (Å²) < 4.78 is 11.0. The molecule has 1 aliphatic carbocycles. The molecule has 0 radical (unpaired) electrons. The highest BCUT2D eigenvalue weighted by Crippen LogP contribution is 2.30. The van der Waals surface area contributed by atoms with E-state index in [2.05, 4.69) is 19.2 Å². The Morgan fingerprint density at radius 2 is 2.00 bits per heavy atom. The van der Waals surface area contributed by atoms with Crippen molar-refractivity contribution >= 4 is 10.8 Å². The van der Waals surface area contributed by atoms with E-state index in [9.17, 15) is 4.21 Å². The van der Waals surface area contributed by atoms with Crippen molar-refractivity contribution in [1.29, 1.82) is 0 Å². The molecule has 0 aromatic rings. The monoisotopic (exact) mass is 231 g/mol. The van der Waals surface area contributed by atoms with Crippen molar-refractivity contribution in [2.24, 2.45) is 5.92 Å². The zero-order chi connectivity index (χ0) is 11.3. The van der Waals surface area contributed by atoms with Crippen molar-refractivity contribution in [3.8, 4) is 0 Å². The van der Waals surface area contributed by atoms with Crippen LogP contribution in [0.4, 0.5) is 0 Å². The predicted octanol–water partition coefficient (Wildman–Crippen LogP) is 2.31. The summed E-state index contributed by atoms with van der Waals surface area (Å²) in [4.78, 5) is 0. The number of rotatable bonds is 7. The van der Waals surface area contributed by atoms with Gasteiger partial charge in [-0.25, -0.2) is 0 Å². The van der Waals surface area contributed by atoms with Gasteiger partial charge in [0.05, 0.1) is 0 Å². The van der Waals surface area contributed by atoms with Crippen molar-refractivity contribution in [3.05, 3.63) is 0 Å². The average Bonchev–Trinajstić information content (AvgIpc) is 2.08. The fraction of sp³-hybridized carbons (Fsp3) is 1.00. The van der Waals surface area contributed by atoms with E-state index in [1.807, 2.05) is 0 Å². The summed E-state index contributed by atoms with van der Waals surface area (Å²) >= 11 is 0. The minimum absolute atomic E-state index is 0.504. The van der Waals surface area contributed by atoms with Crippen molar-refractivity contribution in [1.82, 2.24) is 5.32 Å². The Morgan fingerprint density at radius 3 is 2.47 bits per heavy atom. The third-order valence-corrected chi connectivity index (χ3v) is 4.13. The molecule has 1 aliphatic rings. The maximum absolute atomic E-state index is 11.0. The van der Waals surface area contributed by atoms with Crippen LogP contribution in [-0.4, -0.2) is 28.3 Å². The molecule has 3 atom stereocenters. The van der Waals surface area contributed by atoms with E-state index >= 15 is 0 Å². The van der Waals surface area contributed by atoms with Crippen LogP contribution in [0, 0.1) is 5.92 Å². The smallest absolute Gasteiger partial charge is 0.0246 e. The molecule has 15 heavy (non-hydrogen) atoms. The fourth-order valence-corrected chi connectivity index (χ4v) is 2.89. The van der Waals surface area contributed by atoms with E-state index in [-0.39, 0.29) is 0 Å². The van der Waals surface area contributed by atoms with Crippen LogP contribution < -0.4 is 5.32 Å². The minimum Gasteiger partial charge on any atom is -0.312 e. The first kappa shape index (κ1) is 13.2. The van der Waals surface area contributed by atoms with Gasteiger partial charge in [0.15, 0.2) is 0 Å². The summed E-state index contributed by atoms with van der Waals surface area (Å²) in [7, 11) is -0.642. The molecule has 3 heteroatoms. The Hall–Kier alpha value is 0.110. The molecule has 90 valence electrons. The van der Waals surface area contributed by atoms with Crippen molar-refractivity contribution in [2.75, 3.05) is 12.0 Å². The van der Waals surface area contributed by atoms with Crippen molar-refractivity contribution in [3.63, 3.8) is 0 Å². The van der Waals surface area contributed by atoms with Gasteiger partial charge >= 0.3 is 0 Å². The lowest BCUT2D eigenvalue weighted by Gasteiger charge is -2.30. The van der Waals surface area contributed by atoms with E-state index in [4.69, 9.17) is 0 Å². The highest BCUT2D eigenvalue weighted by molar-refractivity contribution is 7.84. The van der Waals surface area contributed by atoms with Crippen LogP contribution >= 0.6 is 0 Å². The molecule has 0 saturated heterocycles. The molecule has 1 rings (SSSR count). The Bertz CT molecular complexity index is 204. The molecule has 1 saturated carbocycles. The van der Waals surface area contributed by atoms with Crippen LogP contribution in [0.1, 0.15) is 46.0 Å². The first-order valence-electron chi connectivity index (χ1n) is 6.14. The summed E-state index contributed by atoms with van der Waals surface area (Å²) in [6, 6.07) is 1.12. The Morgan fingerprint density at radius 1 is 1.33 bits per heavy atom. The van der Waals surface area contributed by atoms with Gasteiger partial charge < -0.3 is 5.32 Å². The van der Waals surface area contributed by atoms with Gasteiger partial charge in [0, 0.05) is 34.9 Å². The van der Waals surface area contributed by atoms with E-state index in [0.29, 0.717) is 12.1 Å². The fourth-order valence-electron chi connectivity index (χ4n) is 2.21. The number of hydrogen-bond donors (Lipinski definition) is 1. The lowest BCUT2D eigenvalue weighted by atomic mass is 9.81. The molecule has 0 aromatic heterocycles. The van der Waals surface area contributed by atoms with Crippen molar-refractivity contribution < 1.29 is 4.21 Å². The molecule has 0 amide bonds. The SMILES string of the molecule is CC(CCS(C)=O)NC(C)CC1CCC1. The maximum atomic E-state index is 11.0. The normalized spacial score (nSPS) is 23.1. The second-order valence-electron chi connectivity index (χ2n) is 5.07. The molecule has 0 heterocycles. The lowest BCUT2D eigenvalue weighted by Crippen LogP contribution is -2.37. The molecule has 2 nitrogen and oxygen atoms in total. The first-order chi connectivity index (χ1) is 7.08. The zero-order valence-corrected chi connectivity index (χ0v) is 11.1. The third-order valence-electron chi connectivity index (χ3n) is 3.32. The van der Waals surface area contributed by atoms with E-state index < -0.39 is 10.8 Å². The standard InChI is InChI=1S/C12H25NOS/c1-10(7-8-15(3)14)13-11(2)9-12-5-4-6-12/h10-13H,4-9H2,1-3H3. The lowest BCUT2D eigenvalue weighted by molar-refractivity contribution is 0.258. The van der Waals surface area contributed by atoms with Gasteiger partial charge in [0.1, 0.15) is 0 Å². The summed E-state index contributed by atoms with van der Waals surface area (Å²) in [6.07, 6.45) is 8.42. The zero-order valence-electron chi connectivity index (χ0n) is 10.3. The topological polar surface area (TPSA) is 29.1 Å².